The molecule has 1 aliphatic carbocycles. The number of rotatable bonds is 3. The molecule has 154 valence electrons. The lowest BCUT2D eigenvalue weighted by Crippen LogP contribution is -2.54. The van der Waals surface area contributed by atoms with Gasteiger partial charge in [-0.05, 0) is 52.1 Å². The molecule has 4 aliphatic rings. The molecule has 4 rings (SSSR count). The summed E-state index contributed by atoms with van der Waals surface area (Å²) in [5, 5.41) is 9.27. The summed E-state index contributed by atoms with van der Waals surface area (Å²) in [7, 11) is 2.11. The van der Waals surface area contributed by atoms with Crippen molar-refractivity contribution in [3.63, 3.8) is 0 Å². The first kappa shape index (κ1) is 19.7. The molecule has 28 heavy (non-hydrogen) atoms. The maximum absolute atomic E-state index is 13.0. The Kier molecular flexibility index (Phi) is 5.62. The van der Waals surface area contributed by atoms with E-state index >= 15 is 0 Å². The van der Waals surface area contributed by atoms with E-state index in [9.17, 15) is 14.9 Å². The number of hydrogen-bond donors (Lipinski definition) is 0. The van der Waals surface area contributed by atoms with Gasteiger partial charge in [-0.25, -0.2) is 0 Å². The minimum Gasteiger partial charge on any atom is -0.341 e. The number of nitriles is 1. The molecular formula is C21H33N5O2. The zero-order valence-electron chi connectivity index (χ0n) is 17.1. The third kappa shape index (κ3) is 3.90. The van der Waals surface area contributed by atoms with Gasteiger partial charge in [0.15, 0.2) is 0 Å². The third-order valence-corrected chi connectivity index (χ3v) is 7.26. The largest absolute Gasteiger partial charge is 0.341 e. The molecule has 0 radical (unpaired) electrons. The Morgan fingerprint density at radius 2 is 1.61 bits per heavy atom. The van der Waals surface area contributed by atoms with Crippen LogP contribution in [-0.2, 0) is 9.59 Å². The first-order valence-corrected chi connectivity index (χ1v) is 10.9. The van der Waals surface area contributed by atoms with Gasteiger partial charge in [-0.3, -0.25) is 14.5 Å². The van der Waals surface area contributed by atoms with Crippen LogP contribution in [0.15, 0.2) is 0 Å². The molecule has 0 N–H and O–H groups in total. The van der Waals surface area contributed by atoms with E-state index in [4.69, 9.17) is 0 Å². The molecule has 4 fully saturated rings. The number of likely N-dealkylation sites (N-methyl/N-ethyl adjacent to an activating group) is 1. The molecule has 7 heteroatoms. The number of piperazine rings is 1. The number of likely N-dealkylation sites (tertiary alicyclic amines) is 2. The van der Waals surface area contributed by atoms with Crippen molar-refractivity contribution in [2.45, 2.75) is 44.6 Å². The number of carbonyl (C=O) groups excluding carboxylic acids is 2. The highest BCUT2D eigenvalue weighted by Crippen LogP contribution is 2.46. The Bertz CT molecular complexity index is 640. The van der Waals surface area contributed by atoms with Gasteiger partial charge < -0.3 is 14.7 Å². The Morgan fingerprint density at radius 3 is 2.21 bits per heavy atom. The molecule has 1 unspecified atom stereocenters. The molecule has 0 spiro atoms. The molecule has 7 nitrogen and oxygen atoms in total. The topological polar surface area (TPSA) is 70.9 Å². The molecular weight excluding hydrogens is 354 g/mol. The van der Waals surface area contributed by atoms with Crippen LogP contribution in [0.4, 0.5) is 0 Å². The number of piperidine rings is 2. The first-order valence-electron chi connectivity index (χ1n) is 10.9. The van der Waals surface area contributed by atoms with Gasteiger partial charge in [-0.2, -0.15) is 5.26 Å². The van der Waals surface area contributed by atoms with Crippen molar-refractivity contribution >= 4 is 11.8 Å². The van der Waals surface area contributed by atoms with Crippen molar-refractivity contribution in [1.29, 1.82) is 5.26 Å². The lowest BCUT2D eigenvalue weighted by molar-refractivity contribution is -0.139. The zero-order chi connectivity index (χ0) is 19.7. The Balaban J connectivity index is 1.28. The van der Waals surface area contributed by atoms with E-state index in [1.165, 1.54) is 0 Å². The van der Waals surface area contributed by atoms with Crippen molar-refractivity contribution in [2.75, 3.05) is 59.4 Å². The molecule has 3 saturated heterocycles. The van der Waals surface area contributed by atoms with Crippen LogP contribution in [-0.4, -0.2) is 96.9 Å². The van der Waals surface area contributed by atoms with Crippen LogP contribution in [0, 0.1) is 22.7 Å². The maximum atomic E-state index is 13.0. The van der Waals surface area contributed by atoms with Crippen molar-refractivity contribution in [1.82, 2.24) is 19.6 Å². The molecule has 1 atom stereocenters. The SMILES string of the molecule is CN1CCN(C(=O)C2CCCN(C3CCN(C(=O)C4(C#N)CC4)CC3)C2)CC1. The molecule has 0 aromatic heterocycles. The van der Waals surface area contributed by atoms with Gasteiger partial charge in [0.05, 0.1) is 12.0 Å². The zero-order valence-corrected chi connectivity index (χ0v) is 17.1. The maximum Gasteiger partial charge on any atom is 0.243 e. The van der Waals surface area contributed by atoms with E-state index in [0.29, 0.717) is 11.9 Å². The molecule has 1 saturated carbocycles. The van der Waals surface area contributed by atoms with E-state index in [1.54, 1.807) is 0 Å². The molecule has 0 aromatic rings. The second kappa shape index (κ2) is 8.00. The summed E-state index contributed by atoms with van der Waals surface area (Å²) >= 11 is 0. The van der Waals surface area contributed by atoms with Gasteiger partial charge >= 0.3 is 0 Å². The number of amides is 2. The van der Waals surface area contributed by atoms with Crippen LogP contribution in [0.5, 0.6) is 0 Å². The highest BCUT2D eigenvalue weighted by Gasteiger charge is 2.53. The number of hydrogen-bond acceptors (Lipinski definition) is 5. The highest BCUT2D eigenvalue weighted by atomic mass is 16.2. The second-order valence-electron chi connectivity index (χ2n) is 9.18. The lowest BCUT2D eigenvalue weighted by Gasteiger charge is -2.43. The number of nitrogens with zero attached hydrogens (tertiary/aromatic N) is 5. The summed E-state index contributed by atoms with van der Waals surface area (Å²) in [5.74, 6) is 0.524. The van der Waals surface area contributed by atoms with Gasteiger partial charge in [0.25, 0.3) is 0 Å². The molecule has 3 aliphatic heterocycles. The van der Waals surface area contributed by atoms with Crippen molar-refractivity contribution < 1.29 is 9.59 Å². The van der Waals surface area contributed by atoms with Crippen molar-refractivity contribution in [3.8, 4) is 6.07 Å². The molecule has 0 bridgehead atoms. The third-order valence-electron chi connectivity index (χ3n) is 7.26. The van der Waals surface area contributed by atoms with Gasteiger partial charge in [-0.1, -0.05) is 0 Å². The van der Waals surface area contributed by atoms with E-state index in [1.807, 2.05) is 4.90 Å². The second-order valence-corrected chi connectivity index (χ2v) is 9.18. The summed E-state index contributed by atoms with van der Waals surface area (Å²) in [4.78, 5) is 34.3. The van der Waals surface area contributed by atoms with E-state index < -0.39 is 5.41 Å². The fourth-order valence-corrected chi connectivity index (χ4v) is 5.06. The van der Waals surface area contributed by atoms with Crippen LogP contribution in [0.2, 0.25) is 0 Å². The van der Waals surface area contributed by atoms with E-state index in [2.05, 4.69) is 27.8 Å². The first-order chi connectivity index (χ1) is 13.5. The van der Waals surface area contributed by atoms with Gasteiger partial charge in [0, 0.05) is 51.9 Å². The fourth-order valence-electron chi connectivity index (χ4n) is 5.06. The predicted octanol–water partition coefficient (Wildman–Crippen LogP) is 0.767. The van der Waals surface area contributed by atoms with E-state index in [0.717, 1.165) is 90.9 Å². The fraction of sp³-hybridized carbons (Fsp3) is 0.857. The normalized spacial score (nSPS) is 29.4. The predicted molar refractivity (Wildman–Crippen MR) is 105 cm³/mol. The lowest BCUT2D eigenvalue weighted by atomic mass is 9.92. The van der Waals surface area contributed by atoms with Crippen LogP contribution < -0.4 is 0 Å². The average Bonchev–Trinajstić information content (AvgIpc) is 3.55. The van der Waals surface area contributed by atoms with Crippen LogP contribution in [0.25, 0.3) is 0 Å². The minimum atomic E-state index is -0.696. The Labute approximate surface area is 168 Å². The van der Waals surface area contributed by atoms with Crippen LogP contribution >= 0.6 is 0 Å². The highest BCUT2D eigenvalue weighted by molar-refractivity contribution is 5.88. The van der Waals surface area contributed by atoms with Gasteiger partial charge in [0.2, 0.25) is 11.8 Å². The molecule has 0 aromatic carbocycles. The summed E-state index contributed by atoms with van der Waals surface area (Å²) in [6, 6.07) is 2.69. The number of carbonyl (C=O) groups is 2. The summed E-state index contributed by atoms with van der Waals surface area (Å²) in [5.41, 5.74) is -0.696. The Hall–Kier alpha value is -1.65. The molecule has 2 amide bonds. The molecule has 3 heterocycles. The quantitative estimate of drug-likeness (QED) is 0.715. The van der Waals surface area contributed by atoms with Gasteiger partial charge in [-0.15, -0.1) is 0 Å². The average molecular weight is 388 g/mol. The standard InChI is InChI=1S/C21H33N5O2/c1-23-11-13-24(14-12-23)19(27)17-3-2-8-26(15-17)18-4-9-25(10-5-18)20(28)21(16-22)6-7-21/h17-18H,2-15H2,1H3. The van der Waals surface area contributed by atoms with Crippen LogP contribution in [0.1, 0.15) is 38.5 Å². The van der Waals surface area contributed by atoms with Crippen molar-refractivity contribution in [3.05, 3.63) is 0 Å². The monoisotopic (exact) mass is 387 g/mol. The minimum absolute atomic E-state index is 0.0511. The van der Waals surface area contributed by atoms with E-state index in [-0.39, 0.29) is 11.8 Å². The Morgan fingerprint density at radius 1 is 0.929 bits per heavy atom. The smallest absolute Gasteiger partial charge is 0.243 e. The summed E-state index contributed by atoms with van der Waals surface area (Å²) in [6.07, 6.45) is 5.46. The van der Waals surface area contributed by atoms with Crippen molar-refractivity contribution in [2.24, 2.45) is 11.3 Å². The summed E-state index contributed by atoms with van der Waals surface area (Å²) in [6.45, 7) is 7.08. The van der Waals surface area contributed by atoms with Crippen LogP contribution in [0.3, 0.4) is 0 Å². The summed E-state index contributed by atoms with van der Waals surface area (Å²) < 4.78 is 0. The van der Waals surface area contributed by atoms with Gasteiger partial charge in [0.1, 0.15) is 5.41 Å².